The molecule has 0 radical (unpaired) electrons. The van der Waals surface area contributed by atoms with Crippen LogP contribution in [0, 0.1) is 0 Å². The quantitative estimate of drug-likeness (QED) is 0.773. The van der Waals surface area contributed by atoms with E-state index in [1.165, 1.54) is 0 Å². The van der Waals surface area contributed by atoms with Crippen LogP contribution in [-0.4, -0.2) is 60.7 Å². The lowest BCUT2D eigenvalue weighted by Crippen LogP contribution is -2.36. The lowest BCUT2D eigenvalue weighted by Gasteiger charge is -2.21. The largest absolute Gasteiger partial charge is 0.341 e. The second kappa shape index (κ2) is 6.02. The zero-order valence-electron chi connectivity index (χ0n) is 13.5. The van der Waals surface area contributed by atoms with Crippen LogP contribution in [0.1, 0.15) is 29.3 Å². The van der Waals surface area contributed by atoms with Gasteiger partial charge in [0.05, 0.1) is 6.42 Å². The Morgan fingerprint density at radius 1 is 1.04 bits per heavy atom. The molecule has 2 aliphatic heterocycles. The summed E-state index contributed by atoms with van der Waals surface area (Å²) >= 11 is 0. The molecule has 23 heavy (non-hydrogen) atoms. The van der Waals surface area contributed by atoms with Gasteiger partial charge >= 0.3 is 0 Å². The second-order valence-corrected chi connectivity index (χ2v) is 6.12. The molecule has 1 saturated heterocycles. The number of carbonyl (C=O) groups excluding carboxylic acids is 3. The van der Waals surface area contributed by atoms with Gasteiger partial charge in [-0.15, -0.1) is 0 Å². The summed E-state index contributed by atoms with van der Waals surface area (Å²) in [6.45, 7) is 4.04. The molecule has 2 aliphatic rings. The van der Waals surface area contributed by atoms with Crippen LogP contribution in [-0.2, 0) is 16.0 Å². The van der Waals surface area contributed by atoms with Crippen molar-refractivity contribution in [2.75, 3.05) is 38.1 Å². The van der Waals surface area contributed by atoms with Crippen LogP contribution in [0.25, 0.3) is 0 Å². The molecule has 0 N–H and O–H groups in total. The SMILES string of the molecule is CC(=O)N1CCCN(C(=O)c2ccc3c(c2)CC(=O)N3C)CC1. The molecular weight excluding hydrogens is 294 g/mol. The molecule has 1 aromatic carbocycles. The van der Waals surface area contributed by atoms with Gasteiger partial charge in [-0.2, -0.15) is 0 Å². The van der Waals surface area contributed by atoms with Gasteiger partial charge in [-0.1, -0.05) is 0 Å². The van der Waals surface area contributed by atoms with Gasteiger partial charge in [0, 0.05) is 51.4 Å². The molecule has 0 bridgehead atoms. The Morgan fingerprint density at radius 3 is 2.48 bits per heavy atom. The normalized spacial score (nSPS) is 18.0. The molecule has 6 nitrogen and oxygen atoms in total. The Bertz CT molecular complexity index is 671. The minimum absolute atomic E-state index is 0.0276. The number of likely N-dealkylation sites (N-methyl/N-ethyl adjacent to an activating group) is 1. The molecule has 0 aromatic heterocycles. The fourth-order valence-corrected chi connectivity index (χ4v) is 3.22. The average Bonchev–Trinajstić information content (AvgIpc) is 2.72. The van der Waals surface area contributed by atoms with Crippen LogP contribution >= 0.6 is 0 Å². The van der Waals surface area contributed by atoms with Gasteiger partial charge < -0.3 is 14.7 Å². The maximum atomic E-state index is 12.7. The van der Waals surface area contributed by atoms with Crippen LogP contribution in [0.3, 0.4) is 0 Å². The summed E-state index contributed by atoms with van der Waals surface area (Å²) in [4.78, 5) is 41.1. The molecule has 0 spiro atoms. The number of fused-ring (bicyclic) bond motifs is 1. The number of benzene rings is 1. The number of carbonyl (C=O) groups is 3. The van der Waals surface area contributed by atoms with Gasteiger partial charge in [0.25, 0.3) is 5.91 Å². The molecule has 1 fully saturated rings. The van der Waals surface area contributed by atoms with Crippen molar-refractivity contribution in [3.8, 4) is 0 Å². The van der Waals surface area contributed by atoms with E-state index in [-0.39, 0.29) is 17.7 Å². The first-order valence-corrected chi connectivity index (χ1v) is 7.91. The first-order chi connectivity index (χ1) is 11.0. The summed E-state index contributed by atoms with van der Waals surface area (Å²) in [5.74, 6) is 0.0788. The highest BCUT2D eigenvalue weighted by Gasteiger charge is 2.26. The maximum absolute atomic E-state index is 12.7. The second-order valence-electron chi connectivity index (χ2n) is 6.12. The smallest absolute Gasteiger partial charge is 0.253 e. The standard InChI is InChI=1S/C17H21N3O3/c1-12(21)19-6-3-7-20(9-8-19)17(23)13-4-5-15-14(10-13)11-16(22)18(15)2/h4-5,10H,3,6-9,11H2,1-2H3. The maximum Gasteiger partial charge on any atom is 0.253 e. The van der Waals surface area contributed by atoms with Crippen molar-refractivity contribution >= 4 is 23.4 Å². The molecular formula is C17H21N3O3. The third kappa shape index (κ3) is 2.93. The van der Waals surface area contributed by atoms with E-state index in [4.69, 9.17) is 0 Å². The monoisotopic (exact) mass is 315 g/mol. The molecule has 0 aliphatic carbocycles. The summed E-state index contributed by atoms with van der Waals surface area (Å²) < 4.78 is 0. The summed E-state index contributed by atoms with van der Waals surface area (Å²) in [7, 11) is 1.75. The van der Waals surface area contributed by atoms with Gasteiger partial charge in [0.15, 0.2) is 0 Å². The molecule has 0 unspecified atom stereocenters. The van der Waals surface area contributed by atoms with Gasteiger partial charge in [-0.3, -0.25) is 14.4 Å². The van der Waals surface area contributed by atoms with E-state index in [2.05, 4.69) is 0 Å². The zero-order chi connectivity index (χ0) is 16.6. The van der Waals surface area contributed by atoms with E-state index in [1.807, 2.05) is 12.1 Å². The van der Waals surface area contributed by atoms with Crippen LogP contribution in [0.5, 0.6) is 0 Å². The first kappa shape index (κ1) is 15.5. The Labute approximate surface area is 135 Å². The van der Waals surface area contributed by atoms with Crippen molar-refractivity contribution in [2.24, 2.45) is 0 Å². The molecule has 2 heterocycles. The number of hydrogen-bond donors (Lipinski definition) is 0. The highest BCUT2D eigenvalue weighted by atomic mass is 16.2. The molecule has 6 heteroatoms. The fraction of sp³-hybridized carbons (Fsp3) is 0.471. The molecule has 122 valence electrons. The number of nitrogens with zero attached hydrogens (tertiary/aromatic N) is 3. The Hall–Kier alpha value is -2.37. The summed E-state index contributed by atoms with van der Waals surface area (Å²) in [6, 6.07) is 5.45. The minimum atomic E-state index is -0.0276. The van der Waals surface area contributed by atoms with Crippen LogP contribution in [0.15, 0.2) is 18.2 Å². The lowest BCUT2D eigenvalue weighted by molar-refractivity contribution is -0.128. The predicted octanol–water partition coefficient (Wildman–Crippen LogP) is 0.900. The third-order valence-electron chi connectivity index (χ3n) is 4.63. The third-order valence-corrected chi connectivity index (χ3v) is 4.63. The number of anilines is 1. The van der Waals surface area contributed by atoms with Crippen molar-refractivity contribution in [1.82, 2.24) is 9.80 Å². The van der Waals surface area contributed by atoms with Crippen molar-refractivity contribution in [2.45, 2.75) is 19.8 Å². The fourth-order valence-electron chi connectivity index (χ4n) is 3.22. The van der Waals surface area contributed by atoms with Gasteiger partial charge in [0.1, 0.15) is 0 Å². The van der Waals surface area contributed by atoms with Crippen LogP contribution in [0.4, 0.5) is 5.69 Å². The Balaban J connectivity index is 1.75. The van der Waals surface area contributed by atoms with E-state index in [9.17, 15) is 14.4 Å². The number of rotatable bonds is 1. The lowest BCUT2D eigenvalue weighted by atomic mass is 10.1. The van der Waals surface area contributed by atoms with Crippen molar-refractivity contribution in [1.29, 1.82) is 0 Å². The Kier molecular flexibility index (Phi) is 4.07. The molecule has 3 amide bonds. The van der Waals surface area contributed by atoms with Gasteiger partial charge in [0.2, 0.25) is 11.8 Å². The van der Waals surface area contributed by atoms with Crippen LogP contribution in [0.2, 0.25) is 0 Å². The van der Waals surface area contributed by atoms with Gasteiger partial charge in [-0.05, 0) is 30.2 Å². The van der Waals surface area contributed by atoms with Crippen molar-refractivity contribution in [3.63, 3.8) is 0 Å². The number of hydrogen-bond acceptors (Lipinski definition) is 3. The summed E-state index contributed by atoms with van der Waals surface area (Å²) in [6.07, 6.45) is 1.14. The Morgan fingerprint density at radius 2 is 1.74 bits per heavy atom. The average molecular weight is 315 g/mol. The number of amides is 3. The van der Waals surface area contributed by atoms with Crippen molar-refractivity contribution < 1.29 is 14.4 Å². The minimum Gasteiger partial charge on any atom is -0.341 e. The molecule has 0 atom stereocenters. The topological polar surface area (TPSA) is 60.9 Å². The highest BCUT2D eigenvalue weighted by molar-refractivity contribution is 6.03. The van der Waals surface area contributed by atoms with Crippen LogP contribution < -0.4 is 4.90 Å². The van der Waals surface area contributed by atoms with Crippen molar-refractivity contribution in [3.05, 3.63) is 29.3 Å². The van der Waals surface area contributed by atoms with Gasteiger partial charge in [-0.25, -0.2) is 0 Å². The van der Waals surface area contributed by atoms with E-state index in [1.54, 1.807) is 34.7 Å². The summed E-state index contributed by atoms with van der Waals surface area (Å²) in [5.41, 5.74) is 2.40. The highest BCUT2D eigenvalue weighted by Crippen LogP contribution is 2.28. The molecule has 0 saturated carbocycles. The zero-order valence-corrected chi connectivity index (χ0v) is 13.5. The van der Waals surface area contributed by atoms with E-state index in [0.717, 1.165) is 17.7 Å². The van der Waals surface area contributed by atoms with E-state index >= 15 is 0 Å². The van der Waals surface area contributed by atoms with E-state index in [0.29, 0.717) is 38.2 Å². The molecule has 3 rings (SSSR count). The predicted molar refractivity (Wildman–Crippen MR) is 86.3 cm³/mol. The molecule has 1 aromatic rings. The summed E-state index contributed by atoms with van der Waals surface area (Å²) in [5, 5.41) is 0. The van der Waals surface area contributed by atoms with E-state index < -0.39 is 0 Å². The first-order valence-electron chi connectivity index (χ1n) is 7.91.